The second kappa shape index (κ2) is 44.8. The zero-order chi connectivity index (χ0) is 88.7. The van der Waals surface area contributed by atoms with Gasteiger partial charge >= 0.3 is 0 Å². The summed E-state index contributed by atoms with van der Waals surface area (Å²) in [5.41, 5.74) is 7.57. The van der Waals surface area contributed by atoms with Crippen LogP contribution in [-0.4, -0.2) is 29.4 Å². The molecular formula is C118H190O3P+. The Morgan fingerprint density at radius 1 is 0.459 bits per heavy atom. The number of fused-ring (bicyclic) bond motifs is 6. The Bertz CT molecular complexity index is 3630. The Kier molecular flexibility index (Phi) is 36.9. The van der Waals surface area contributed by atoms with Crippen molar-refractivity contribution < 1.29 is 14.7 Å². The molecule has 0 heterocycles. The van der Waals surface area contributed by atoms with E-state index >= 15 is 0 Å². The Morgan fingerprint density at radius 3 is 1.30 bits per heavy atom. The molecule has 3 aromatic rings. The first kappa shape index (κ1) is 100. The van der Waals surface area contributed by atoms with Gasteiger partial charge in [0.05, 0.1) is 12.3 Å². The first-order valence-corrected chi connectivity index (χ1v) is 54.4. The third kappa shape index (κ3) is 22.8. The van der Waals surface area contributed by atoms with Crippen LogP contribution in [0.3, 0.4) is 0 Å². The van der Waals surface area contributed by atoms with E-state index in [9.17, 15) is 14.7 Å². The zero-order valence-corrected chi connectivity index (χ0v) is 84.4. The van der Waals surface area contributed by atoms with Crippen LogP contribution in [0.4, 0.5) is 0 Å². The van der Waals surface area contributed by atoms with Crippen LogP contribution in [0.5, 0.6) is 0 Å². The summed E-state index contributed by atoms with van der Waals surface area (Å²) in [5, 5.41) is 14.5. The number of benzene rings is 3. The third-order valence-electron chi connectivity index (χ3n) is 39.6. The van der Waals surface area contributed by atoms with Gasteiger partial charge in [0.1, 0.15) is 35.2 Å². The van der Waals surface area contributed by atoms with Crippen molar-refractivity contribution in [1.29, 1.82) is 0 Å². The van der Waals surface area contributed by atoms with Gasteiger partial charge in [-0.2, -0.15) is 0 Å². The lowest BCUT2D eigenvalue weighted by molar-refractivity contribution is -0.125. The van der Waals surface area contributed by atoms with Crippen LogP contribution in [0, 0.1) is 169 Å². The number of rotatable bonds is 17. The second-order valence-electron chi connectivity index (χ2n) is 47.3. The van der Waals surface area contributed by atoms with Crippen LogP contribution in [-0.2, 0) is 9.59 Å². The van der Waals surface area contributed by atoms with Gasteiger partial charge in [0.2, 0.25) is 0 Å². The predicted molar refractivity (Wildman–Crippen MR) is 533 cm³/mol. The molecule has 13 aliphatic rings. The summed E-state index contributed by atoms with van der Waals surface area (Å²) >= 11 is 0. The van der Waals surface area contributed by atoms with Crippen molar-refractivity contribution in [1.82, 2.24) is 0 Å². The van der Waals surface area contributed by atoms with Crippen molar-refractivity contribution in [2.45, 2.75) is 396 Å². The fourth-order valence-electron chi connectivity index (χ4n) is 31.1. The second-order valence-corrected chi connectivity index (χ2v) is 50.9. The molecule has 3 aromatic carbocycles. The van der Waals surface area contributed by atoms with E-state index in [-0.39, 0.29) is 12.0 Å². The average Bonchev–Trinajstić information content (AvgIpc) is 1.35. The smallest absolute Gasteiger partial charge is 0.133 e. The molecule has 684 valence electrons. The highest BCUT2D eigenvalue weighted by Gasteiger charge is 2.56. The lowest BCUT2D eigenvalue weighted by atomic mass is 9.59. The van der Waals surface area contributed by atoms with Crippen LogP contribution < -0.4 is 15.9 Å². The van der Waals surface area contributed by atoms with Crippen LogP contribution in [0.2, 0.25) is 0 Å². The van der Waals surface area contributed by atoms with Gasteiger partial charge in [0.15, 0.2) is 0 Å². The number of Topliss-reactive ketones (excluding diaryl/α,β-unsaturated/α-hetero) is 1. The maximum absolute atomic E-state index is 11.6. The summed E-state index contributed by atoms with van der Waals surface area (Å²) in [7, 11) is -1.61. The molecule has 0 radical (unpaired) electrons. The van der Waals surface area contributed by atoms with Crippen molar-refractivity contribution >= 4 is 35.2 Å². The summed E-state index contributed by atoms with van der Waals surface area (Å²) in [6.07, 6.45) is 60.8. The van der Waals surface area contributed by atoms with E-state index in [0.29, 0.717) is 51.1 Å². The topological polar surface area (TPSA) is 54.4 Å². The lowest BCUT2D eigenvalue weighted by Gasteiger charge is -2.46. The molecule has 13 aliphatic carbocycles. The van der Waals surface area contributed by atoms with Crippen LogP contribution in [0.25, 0.3) is 0 Å². The van der Waals surface area contributed by atoms with Crippen LogP contribution in [0.1, 0.15) is 390 Å². The van der Waals surface area contributed by atoms with E-state index in [2.05, 4.69) is 274 Å². The molecule has 0 aromatic heterocycles. The number of carbonyl (C=O) groups is 2. The summed E-state index contributed by atoms with van der Waals surface area (Å²) in [6.45, 7) is 59.4. The molecule has 3 nitrogen and oxygen atoms in total. The number of ketones is 1. The fraction of sp³-hybridized carbons (Fsp3) is 0.763. The quantitative estimate of drug-likeness (QED) is 0.0832. The van der Waals surface area contributed by atoms with Gasteiger partial charge in [-0.3, -0.25) is 4.79 Å². The standard InChI is InChI=1S/C28H44O.C24H28P.C15H28.C14H24O.C13H22O.2C12H22/c1-19(2)20(3)9-10-22(5)26-15-16-27-23(8-7-17-28(26,27)6)12-13-24-18-25(29)14-11-21(24)4;1-21(2)13-12-20-25(22-14-6-3-7-15-22,23-16-8-4-9-17-23)24-18-10-5-11-19-24;1-5-11(2)13-8-9-14-12(3)7-6-10-15(13,14)4;1-10-5-4-8-14(3)12(10)6-7-13(14)11(2)9-15;1-9-5-4-8-13(3)11(9)6-7-12(13)10(2)14;2*1-9-5-4-8-12(3)10(2)6-7-11(9)12/h9-10,12-13,19-20,22,25-27,29H,4,7-8,11,14-18H2,1-3,5-6H3;3-11,14-19,21H,12-13,20H2,1-2H3;11-14H,5-10H2,1-4H3;9-13H,4-8H2,1-3H3;9,11-12H,4-8H2,1-3H3;2*9-11H,4-8H2,1-3H3/q;+1;;;;;/b10-9+,23-12+,24-13-;;;;;;/t20-,22+,25-,26+,27-,28+;;11-,12+,13-,14+,15-;10-,11+,12-,13+,14-;9-,11-,12+,13-;9-,10?,11-,12+;9-,10-,11-,12+/m0.10000/s1. The molecule has 13 saturated carbocycles. The molecule has 122 heavy (non-hydrogen) atoms. The van der Waals surface area contributed by atoms with Crippen molar-refractivity contribution in [3.63, 3.8) is 0 Å². The van der Waals surface area contributed by atoms with E-state index < -0.39 is 7.26 Å². The SMILES string of the molecule is C=C1CC[C@H](O)C/C1=C/C=C1\CCC[C@]2(C)[C@@H]([C@H](C)/C=C/[C@H](C)C(C)C)CC[C@@H]12.CC(=O)[C@H]1CC[C@H]2[C@@H](C)CCC[C@]12C.CC(C)CCC[P+](c1ccccc1)(c1ccccc1)c1ccccc1.CC1CC[C@H]2[C@@H](C)CCC[C@]12C.CC[C@@H](C)[C@H]1CC[C@H]2[C@@H](C)CCC[C@]12C.C[C@H](C=O)[C@H]1CC[C@H]2[C@@H](C)CCC[C@]12C.C[C@H]1CCC[C@]2(C)[C@@H](C)CC[C@@H]12. The summed E-state index contributed by atoms with van der Waals surface area (Å²) in [5.74, 6) is 19.6. The van der Waals surface area contributed by atoms with Gasteiger partial charge in [-0.1, -0.05) is 320 Å². The van der Waals surface area contributed by atoms with E-state index in [0.717, 1.165) is 143 Å². The molecule has 0 aliphatic heterocycles. The molecule has 0 amide bonds. The van der Waals surface area contributed by atoms with Gasteiger partial charge in [-0.25, -0.2) is 0 Å². The van der Waals surface area contributed by atoms with Crippen molar-refractivity contribution in [2.75, 3.05) is 6.16 Å². The highest BCUT2D eigenvalue weighted by atomic mass is 31.2. The fourth-order valence-corrected chi connectivity index (χ4v) is 35.5. The molecule has 0 spiro atoms. The van der Waals surface area contributed by atoms with Gasteiger partial charge < -0.3 is 9.90 Å². The largest absolute Gasteiger partial charge is 0.393 e. The van der Waals surface area contributed by atoms with E-state index in [1.54, 1.807) is 12.5 Å². The number of allylic oxidation sites excluding steroid dienone is 6. The Balaban J connectivity index is 0.000000153. The number of aliphatic hydroxyl groups excluding tert-OH is 1. The molecule has 16 rings (SSSR count). The maximum Gasteiger partial charge on any atom is 0.133 e. The minimum atomic E-state index is -1.61. The monoisotopic (exact) mass is 1690 g/mol. The summed E-state index contributed by atoms with van der Waals surface area (Å²) in [4.78, 5) is 22.6. The molecule has 0 saturated heterocycles. The van der Waals surface area contributed by atoms with Crippen molar-refractivity contribution in [2.24, 2.45) is 169 Å². The normalized spacial score (nSPS) is 39.1. The number of aliphatic hydroxyl groups is 1. The van der Waals surface area contributed by atoms with E-state index in [1.807, 2.05) is 0 Å². The first-order valence-electron chi connectivity index (χ1n) is 52.4. The first-order chi connectivity index (χ1) is 58.0. The predicted octanol–water partition coefficient (Wildman–Crippen LogP) is 32.8. The Morgan fingerprint density at radius 2 is 0.861 bits per heavy atom. The zero-order valence-electron chi connectivity index (χ0n) is 83.5. The third-order valence-corrected chi connectivity index (χ3v) is 44.1. The molecule has 4 heteroatoms. The number of carbonyl (C=O) groups excluding carboxylic acids is 2. The minimum Gasteiger partial charge on any atom is -0.393 e. The molecule has 28 atom stereocenters. The lowest BCUT2D eigenvalue weighted by Crippen LogP contribution is -2.38. The minimum absolute atomic E-state index is 0.182. The number of aldehydes is 1. The van der Waals surface area contributed by atoms with Gasteiger partial charge in [-0.15, -0.1) is 0 Å². The summed E-state index contributed by atoms with van der Waals surface area (Å²) in [6, 6.07) is 33.6. The highest BCUT2D eigenvalue weighted by Crippen LogP contribution is 2.65. The Labute approximate surface area is 754 Å². The highest BCUT2D eigenvalue weighted by molar-refractivity contribution is 7.95. The van der Waals surface area contributed by atoms with Crippen LogP contribution >= 0.6 is 7.26 Å². The molecule has 1 N–H and O–H groups in total. The van der Waals surface area contributed by atoms with Gasteiger partial charge in [0, 0.05) is 11.8 Å². The van der Waals surface area contributed by atoms with Gasteiger partial charge in [0.25, 0.3) is 0 Å². The van der Waals surface area contributed by atoms with E-state index in [1.165, 1.54) is 245 Å². The van der Waals surface area contributed by atoms with Gasteiger partial charge in [-0.05, 0) is 366 Å². The van der Waals surface area contributed by atoms with Crippen LogP contribution in [0.15, 0.2) is 139 Å². The molecule has 0 bridgehead atoms. The molecular weight excluding hydrogens is 1500 g/mol. The van der Waals surface area contributed by atoms with E-state index in [4.69, 9.17) is 0 Å². The molecule has 13 fully saturated rings. The number of hydrogen-bond donors (Lipinski definition) is 1. The summed E-state index contributed by atoms with van der Waals surface area (Å²) < 4.78 is 0. The molecule has 1 unspecified atom stereocenters. The van der Waals surface area contributed by atoms with Crippen molar-refractivity contribution in [3.05, 3.63) is 139 Å². The maximum atomic E-state index is 11.6. The van der Waals surface area contributed by atoms with Crippen molar-refractivity contribution in [3.8, 4) is 0 Å². The average molecular weight is 1690 g/mol. The Hall–Kier alpha value is -3.65. The number of hydrogen-bond acceptors (Lipinski definition) is 3.